The molecule has 1 rings (SSSR count). The number of aromatic nitrogens is 1. The van der Waals surface area contributed by atoms with Crippen LogP contribution in [0.1, 0.15) is 32.0 Å². The highest BCUT2D eigenvalue weighted by Gasteiger charge is 2.24. The number of halogens is 1. The number of carbonyl (C=O) groups excluding carboxylic acids is 2. The largest absolute Gasteiger partial charge is 0.464 e. The van der Waals surface area contributed by atoms with Crippen molar-refractivity contribution in [3.05, 3.63) is 28.5 Å². The Hall–Kier alpha value is -1.43. The second-order valence-corrected chi connectivity index (χ2v) is 4.42. The molecule has 0 fully saturated rings. The van der Waals surface area contributed by atoms with Gasteiger partial charge in [-0.25, -0.2) is 4.79 Å². The number of nitrogens with one attached hydrogen (secondary N) is 1. The van der Waals surface area contributed by atoms with Gasteiger partial charge in [0.15, 0.2) is 6.04 Å². The van der Waals surface area contributed by atoms with Gasteiger partial charge in [0.2, 0.25) is 5.91 Å². The molecule has 1 atom stereocenters. The summed E-state index contributed by atoms with van der Waals surface area (Å²) in [6.07, 6.45) is 1.85. The molecule has 1 heterocycles. The van der Waals surface area contributed by atoms with Crippen LogP contribution in [0.5, 0.6) is 0 Å². The number of nitrogens with zero attached hydrogens (tertiary/aromatic N) is 1. The standard InChI is InChI=1S/C12H15BrN2O3/c1-3-10(16)15-11(12(17)18-4-2)9-7-8(13)5-6-14-9/h5-7,11H,3-4H2,1-2H3,(H,15,16). The molecule has 98 valence electrons. The predicted molar refractivity (Wildman–Crippen MR) is 69.7 cm³/mol. The summed E-state index contributed by atoms with van der Waals surface area (Å²) in [4.78, 5) is 27.3. The number of esters is 1. The van der Waals surface area contributed by atoms with E-state index in [1.807, 2.05) is 0 Å². The van der Waals surface area contributed by atoms with Gasteiger partial charge in [0.1, 0.15) is 0 Å². The molecular weight excluding hydrogens is 300 g/mol. The first kappa shape index (κ1) is 14.6. The molecule has 0 aromatic carbocycles. The molecular formula is C12H15BrN2O3. The van der Waals surface area contributed by atoms with E-state index in [4.69, 9.17) is 4.74 Å². The molecule has 0 saturated carbocycles. The van der Waals surface area contributed by atoms with E-state index in [1.165, 1.54) is 0 Å². The molecule has 0 spiro atoms. The molecule has 0 saturated heterocycles. The normalized spacial score (nSPS) is 11.7. The van der Waals surface area contributed by atoms with E-state index in [1.54, 1.807) is 32.2 Å². The third-order valence-electron chi connectivity index (χ3n) is 2.19. The van der Waals surface area contributed by atoms with Gasteiger partial charge in [0.25, 0.3) is 0 Å². The maximum absolute atomic E-state index is 11.8. The lowest BCUT2D eigenvalue weighted by Gasteiger charge is -2.16. The predicted octanol–water partition coefficient (Wildman–Crippen LogP) is 1.97. The molecule has 0 bridgehead atoms. The van der Waals surface area contributed by atoms with Crippen LogP contribution in [-0.4, -0.2) is 23.5 Å². The Morgan fingerprint density at radius 3 is 2.78 bits per heavy atom. The molecule has 0 radical (unpaired) electrons. The summed E-state index contributed by atoms with van der Waals surface area (Å²) in [6, 6.07) is 2.56. The monoisotopic (exact) mass is 314 g/mol. The Morgan fingerprint density at radius 2 is 2.22 bits per heavy atom. The molecule has 1 unspecified atom stereocenters. The number of pyridine rings is 1. The van der Waals surface area contributed by atoms with E-state index >= 15 is 0 Å². The van der Waals surface area contributed by atoms with Gasteiger partial charge in [-0.05, 0) is 19.1 Å². The lowest BCUT2D eigenvalue weighted by atomic mass is 10.2. The quantitative estimate of drug-likeness (QED) is 0.844. The fraction of sp³-hybridized carbons (Fsp3) is 0.417. The first-order valence-electron chi connectivity index (χ1n) is 5.65. The summed E-state index contributed by atoms with van der Waals surface area (Å²) >= 11 is 3.30. The van der Waals surface area contributed by atoms with Crippen molar-refractivity contribution in [1.82, 2.24) is 10.3 Å². The van der Waals surface area contributed by atoms with E-state index in [0.29, 0.717) is 12.1 Å². The fourth-order valence-corrected chi connectivity index (χ4v) is 1.67. The maximum Gasteiger partial charge on any atom is 0.334 e. The summed E-state index contributed by atoms with van der Waals surface area (Å²) in [5.74, 6) is -0.736. The van der Waals surface area contributed by atoms with Crippen LogP contribution in [0.25, 0.3) is 0 Å². The summed E-state index contributed by atoms with van der Waals surface area (Å²) in [5.41, 5.74) is 0.449. The maximum atomic E-state index is 11.8. The summed E-state index contributed by atoms with van der Waals surface area (Å²) < 4.78 is 5.72. The van der Waals surface area contributed by atoms with Crippen LogP contribution >= 0.6 is 15.9 Å². The van der Waals surface area contributed by atoms with E-state index < -0.39 is 12.0 Å². The zero-order valence-corrected chi connectivity index (χ0v) is 11.9. The highest BCUT2D eigenvalue weighted by atomic mass is 79.9. The van der Waals surface area contributed by atoms with Crippen molar-refractivity contribution in [2.45, 2.75) is 26.3 Å². The zero-order chi connectivity index (χ0) is 13.5. The van der Waals surface area contributed by atoms with Crippen LogP contribution < -0.4 is 5.32 Å². The summed E-state index contributed by atoms with van der Waals surface area (Å²) in [6.45, 7) is 3.68. The van der Waals surface area contributed by atoms with Crippen molar-refractivity contribution in [2.24, 2.45) is 0 Å². The average molecular weight is 315 g/mol. The van der Waals surface area contributed by atoms with E-state index in [0.717, 1.165) is 4.47 Å². The van der Waals surface area contributed by atoms with Gasteiger partial charge in [-0.15, -0.1) is 0 Å². The Balaban J connectivity index is 2.96. The van der Waals surface area contributed by atoms with Crippen molar-refractivity contribution in [2.75, 3.05) is 6.61 Å². The SMILES string of the molecule is CCOC(=O)C(NC(=O)CC)c1cc(Br)ccn1. The zero-order valence-electron chi connectivity index (χ0n) is 10.3. The molecule has 0 aliphatic carbocycles. The number of hydrogen-bond donors (Lipinski definition) is 1. The molecule has 18 heavy (non-hydrogen) atoms. The van der Waals surface area contributed by atoms with Gasteiger partial charge in [-0.1, -0.05) is 22.9 Å². The first-order chi connectivity index (χ1) is 8.58. The van der Waals surface area contributed by atoms with Crippen molar-refractivity contribution < 1.29 is 14.3 Å². The van der Waals surface area contributed by atoms with Crippen LogP contribution in [-0.2, 0) is 14.3 Å². The third kappa shape index (κ3) is 4.10. The van der Waals surface area contributed by atoms with Crippen molar-refractivity contribution in [3.8, 4) is 0 Å². The van der Waals surface area contributed by atoms with Crippen LogP contribution in [0.15, 0.2) is 22.8 Å². The van der Waals surface area contributed by atoms with Crippen LogP contribution in [0.2, 0.25) is 0 Å². The molecule has 1 aromatic heterocycles. The van der Waals surface area contributed by atoms with E-state index in [2.05, 4.69) is 26.2 Å². The Bertz CT molecular complexity index is 437. The van der Waals surface area contributed by atoms with E-state index in [-0.39, 0.29) is 12.5 Å². The minimum Gasteiger partial charge on any atom is -0.464 e. The molecule has 6 heteroatoms. The smallest absolute Gasteiger partial charge is 0.334 e. The fourth-order valence-electron chi connectivity index (χ4n) is 1.32. The van der Waals surface area contributed by atoms with E-state index in [9.17, 15) is 9.59 Å². The number of hydrogen-bond acceptors (Lipinski definition) is 4. The molecule has 1 amide bonds. The minimum absolute atomic E-state index is 0.227. The Kier molecular flexibility index (Phi) is 5.77. The van der Waals surface area contributed by atoms with Crippen molar-refractivity contribution in [3.63, 3.8) is 0 Å². The van der Waals surface area contributed by atoms with Gasteiger partial charge in [-0.3, -0.25) is 9.78 Å². The Labute approximate surface area is 114 Å². The molecule has 0 aliphatic heterocycles. The highest BCUT2D eigenvalue weighted by molar-refractivity contribution is 9.10. The Morgan fingerprint density at radius 1 is 1.50 bits per heavy atom. The van der Waals surface area contributed by atoms with Crippen LogP contribution in [0.3, 0.4) is 0 Å². The van der Waals surface area contributed by atoms with Gasteiger partial charge in [-0.2, -0.15) is 0 Å². The second kappa shape index (κ2) is 7.10. The number of amides is 1. The summed E-state index contributed by atoms with van der Waals surface area (Å²) in [7, 11) is 0. The minimum atomic E-state index is -0.866. The second-order valence-electron chi connectivity index (χ2n) is 3.51. The number of carbonyl (C=O) groups is 2. The lowest BCUT2D eigenvalue weighted by molar-refractivity contribution is -0.147. The lowest BCUT2D eigenvalue weighted by Crippen LogP contribution is -2.35. The number of ether oxygens (including phenoxy) is 1. The third-order valence-corrected chi connectivity index (χ3v) is 2.68. The first-order valence-corrected chi connectivity index (χ1v) is 6.45. The number of rotatable bonds is 5. The topological polar surface area (TPSA) is 68.3 Å². The summed E-state index contributed by atoms with van der Waals surface area (Å²) in [5, 5.41) is 2.60. The molecule has 5 nitrogen and oxygen atoms in total. The van der Waals surface area contributed by atoms with Gasteiger partial charge in [0.05, 0.1) is 12.3 Å². The highest BCUT2D eigenvalue weighted by Crippen LogP contribution is 2.17. The molecule has 0 aliphatic rings. The average Bonchev–Trinajstić information content (AvgIpc) is 2.35. The van der Waals surface area contributed by atoms with Gasteiger partial charge in [0, 0.05) is 17.1 Å². The molecule has 1 N–H and O–H groups in total. The van der Waals surface area contributed by atoms with Crippen molar-refractivity contribution >= 4 is 27.8 Å². The van der Waals surface area contributed by atoms with Crippen molar-refractivity contribution in [1.29, 1.82) is 0 Å². The van der Waals surface area contributed by atoms with Gasteiger partial charge < -0.3 is 10.1 Å². The van der Waals surface area contributed by atoms with Crippen LogP contribution in [0, 0.1) is 0 Å². The molecule has 1 aromatic rings. The van der Waals surface area contributed by atoms with Crippen LogP contribution in [0.4, 0.5) is 0 Å². The van der Waals surface area contributed by atoms with Gasteiger partial charge >= 0.3 is 5.97 Å².